The highest BCUT2D eigenvalue weighted by molar-refractivity contribution is 5.95. The van der Waals surface area contributed by atoms with Crippen LogP contribution in [0.2, 0.25) is 0 Å². The second-order valence-electron chi connectivity index (χ2n) is 4.57. The van der Waals surface area contributed by atoms with E-state index in [9.17, 15) is 4.79 Å². The maximum absolute atomic E-state index is 12.0. The highest BCUT2D eigenvalue weighted by atomic mass is 16.1. The number of carbonyl (C=O) groups is 1. The van der Waals surface area contributed by atoms with Gasteiger partial charge in [-0.05, 0) is 30.3 Å². The van der Waals surface area contributed by atoms with Crippen LogP contribution < -0.4 is 11.1 Å². The minimum absolute atomic E-state index is 0.0934. The van der Waals surface area contributed by atoms with Gasteiger partial charge in [0, 0.05) is 16.8 Å². The Morgan fingerprint density at radius 1 is 1.20 bits per heavy atom. The minimum atomic E-state index is -0.0934. The number of nitrogen functional groups attached to an aromatic ring is 1. The fourth-order valence-corrected chi connectivity index (χ4v) is 2.10. The van der Waals surface area contributed by atoms with Crippen molar-refractivity contribution in [2.24, 2.45) is 0 Å². The molecule has 2 aromatic carbocycles. The SMILES string of the molecule is Nc1ccc2n[nH]c(CC(=O)Nc3ccccc3)c2c1. The highest BCUT2D eigenvalue weighted by Crippen LogP contribution is 2.19. The van der Waals surface area contributed by atoms with E-state index in [0.29, 0.717) is 5.69 Å². The number of benzene rings is 2. The molecule has 3 rings (SSSR count). The number of aromatic nitrogens is 2. The number of nitrogens with two attached hydrogens (primary N) is 1. The number of rotatable bonds is 3. The smallest absolute Gasteiger partial charge is 0.230 e. The summed E-state index contributed by atoms with van der Waals surface area (Å²) in [5.41, 5.74) is 8.77. The molecule has 100 valence electrons. The Balaban J connectivity index is 1.79. The molecule has 0 unspecified atom stereocenters. The van der Waals surface area contributed by atoms with Crippen molar-refractivity contribution in [3.8, 4) is 0 Å². The maximum Gasteiger partial charge on any atom is 0.230 e. The van der Waals surface area contributed by atoms with E-state index in [0.717, 1.165) is 22.3 Å². The van der Waals surface area contributed by atoms with Gasteiger partial charge in [0.25, 0.3) is 0 Å². The fourth-order valence-electron chi connectivity index (χ4n) is 2.10. The summed E-state index contributed by atoms with van der Waals surface area (Å²) in [6.45, 7) is 0. The van der Waals surface area contributed by atoms with Crippen molar-refractivity contribution >= 4 is 28.2 Å². The van der Waals surface area contributed by atoms with Crippen LogP contribution in [0.3, 0.4) is 0 Å². The first-order chi connectivity index (χ1) is 9.72. The normalized spacial score (nSPS) is 10.6. The molecule has 0 bridgehead atoms. The molecule has 1 heterocycles. The Bertz CT molecular complexity index is 749. The third-order valence-corrected chi connectivity index (χ3v) is 3.05. The lowest BCUT2D eigenvalue weighted by Gasteiger charge is -2.04. The maximum atomic E-state index is 12.0. The largest absolute Gasteiger partial charge is 0.399 e. The van der Waals surface area contributed by atoms with E-state index in [-0.39, 0.29) is 12.3 Å². The lowest BCUT2D eigenvalue weighted by molar-refractivity contribution is -0.115. The Labute approximate surface area is 115 Å². The first-order valence-electron chi connectivity index (χ1n) is 6.30. The van der Waals surface area contributed by atoms with Crippen LogP contribution in [0.4, 0.5) is 11.4 Å². The van der Waals surface area contributed by atoms with Gasteiger partial charge in [-0.25, -0.2) is 0 Å². The number of fused-ring (bicyclic) bond motifs is 1. The Kier molecular flexibility index (Phi) is 3.09. The van der Waals surface area contributed by atoms with Crippen LogP contribution in [0, 0.1) is 0 Å². The number of nitrogens with zero attached hydrogens (tertiary/aromatic N) is 1. The van der Waals surface area contributed by atoms with E-state index >= 15 is 0 Å². The molecule has 5 heteroatoms. The summed E-state index contributed by atoms with van der Waals surface area (Å²) >= 11 is 0. The summed E-state index contributed by atoms with van der Waals surface area (Å²) < 4.78 is 0. The molecule has 0 atom stereocenters. The van der Waals surface area contributed by atoms with Gasteiger partial charge in [0.15, 0.2) is 0 Å². The molecule has 3 aromatic rings. The van der Waals surface area contributed by atoms with Crippen molar-refractivity contribution in [3.05, 3.63) is 54.2 Å². The summed E-state index contributed by atoms with van der Waals surface area (Å²) in [7, 11) is 0. The summed E-state index contributed by atoms with van der Waals surface area (Å²) in [5, 5.41) is 10.8. The standard InChI is InChI=1S/C15H14N4O/c16-10-6-7-13-12(8-10)14(19-18-13)9-15(20)17-11-4-2-1-3-5-11/h1-8H,9,16H2,(H,17,20)(H,18,19). The van der Waals surface area contributed by atoms with Crippen LogP contribution in [0.1, 0.15) is 5.69 Å². The van der Waals surface area contributed by atoms with Gasteiger partial charge in [-0.3, -0.25) is 9.89 Å². The molecular formula is C15H14N4O. The van der Waals surface area contributed by atoms with Crippen molar-refractivity contribution in [2.75, 3.05) is 11.1 Å². The van der Waals surface area contributed by atoms with Crippen LogP contribution in [-0.2, 0) is 11.2 Å². The molecule has 0 aliphatic carbocycles. The summed E-state index contributed by atoms with van der Waals surface area (Å²) in [4.78, 5) is 12.0. The van der Waals surface area contributed by atoms with Gasteiger partial charge >= 0.3 is 0 Å². The first kappa shape index (κ1) is 12.2. The third-order valence-electron chi connectivity index (χ3n) is 3.05. The molecule has 0 radical (unpaired) electrons. The van der Waals surface area contributed by atoms with E-state index in [1.54, 1.807) is 6.07 Å². The Morgan fingerprint density at radius 2 is 2.00 bits per heavy atom. The summed E-state index contributed by atoms with van der Waals surface area (Å²) in [5.74, 6) is -0.0934. The molecule has 0 spiro atoms. The van der Waals surface area contributed by atoms with Crippen molar-refractivity contribution in [1.29, 1.82) is 0 Å². The quantitative estimate of drug-likeness (QED) is 0.636. The van der Waals surface area contributed by atoms with Crippen LogP contribution >= 0.6 is 0 Å². The van der Waals surface area contributed by atoms with Gasteiger partial charge in [-0.2, -0.15) is 5.10 Å². The molecule has 0 aliphatic rings. The predicted octanol–water partition coefficient (Wildman–Crippen LogP) is 2.33. The van der Waals surface area contributed by atoms with Crippen molar-refractivity contribution in [3.63, 3.8) is 0 Å². The second-order valence-corrected chi connectivity index (χ2v) is 4.57. The highest BCUT2D eigenvalue weighted by Gasteiger charge is 2.10. The van der Waals surface area contributed by atoms with Gasteiger partial charge < -0.3 is 11.1 Å². The topological polar surface area (TPSA) is 83.8 Å². The van der Waals surface area contributed by atoms with E-state index in [4.69, 9.17) is 5.73 Å². The van der Waals surface area contributed by atoms with Crippen LogP contribution in [0.5, 0.6) is 0 Å². The van der Waals surface area contributed by atoms with Crippen molar-refractivity contribution in [2.45, 2.75) is 6.42 Å². The number of aromatic amines is 1. The van der Waals surface area contributed by atoms with Crippen molar-refractivity contribution < 1.29 is 4.79 Å². The average molecular weight is 266 g/mol. The lowest BCUT2D eigenvalue weighted by atomic mass is 10.1. The number of para-hydroxylation sites is 1. The van der Waals surface area contributed by atoms with Gasteiger partial charge in [-0.15, -0.1) is 0 Å². The number of carbonyl (C=O) groups excluding carboxylic acids is 1. The van der Waals surface area contributed by atoms with Crippen molar-refractivity contribution in [1.82, 2.24) is 10.2 Å². The monoisotopic (exact) mass is 266 g/mol. The predicted molar refractivity (Wildman–Crippen MR) is 79.3 cm³/mol. The summed E-state index contributed by atoms with van der Waals surface area (Å²) in [6, 6.07) is 14.8. The molecule has 5 nitrogen and oxygen atoms in total. The average Bonchev–Trinajstić information content (AvgIpc) is 2.82. The molecule has 1 amide bonds. The number of H-pyrrole nitrogens is 1. The Hall–Kier alpha value is -2.82. The Morgan fingerprint density at radius 3 is 2.80 bits per heavy atom. The van der Waals surface area contributed by atoms with Gasteiger partial charge in [0.2, 0.25) is 5.91 Å². The van der Waals surface area contributed by atoms with Gasteiger partial charge in [0.05, 0.1) is 17.6 Å². The zero-order chi connectivity index (χ0) is 13.9. The van der Waals surface area contributed by atoms with E-state index in [2.05, 4.69) is 15.5 Å². The number of hydrogen-bond acceptors (Lipinski definition) is 3. The molecule has 20 heavy (non-hydrogen) atoms. The third kappa shape index (κ3) is 2.47. The first-order valence-corrected chi connectivity index (χ1v) is 6.30. The van der Waals surface area contributed by atoms with Gasteiger partial charge in [-0.1, -0.05) is 18.2 Å². The molecule has 1 aromatic heterocycles. The number of amides is 1. The molecule has 0 saturated heterocycles. The molecule has 0 saturated carbocycles. The molecular weight excluding hydrogens is 252 g/mol. The van der Waals surface area contributed by atoms with Gasteiger partial charge in [0.1, 0.15) is 0 Å². The second kappa shape index (κ2) is 5.05. The number of anilines is 2. The fraction of sp³-hybridized carbons (Fsp3) is 0.0667. The zero-order valence-electron chi connectivity index (χ0n) is 10.8. The molecule has 0 fully saturated rings. The van der Waals surface area contributed by atoms with E-state index in [1.165, 1.54) is 0 Å². The minimum Gasteiger partial charge on any atom is -0.399 e. The van der Waals surface area contributed by atoms with Crippen LogP contribution in [-0.4, -0.2) is 16.1 Å². The number of nitrogens with one attached hydrogen (secondary N) is 2. The molecule has 0 aliphatic heterocycles. The lowest BCUT2D eigenvalue weighted by Crippen LogP contribution is -2.14. The van der Waals surface area contributed by atoms with Crippen LogP contribution in [0.25, 0.3) is 10.9 Å². The molecule has 4 N–H and O–H groups in total. The number of hydrogen-bond donors (Lipinski definition) is 3. The summed E-state index contributed by atoms with van der Waals surface area (Å²) in [6.07, 6.45) is 0.231. The zero-order valence-corrected chi connectivity index (χ0v) is 10.8. The van der Waals surface area contributed by atoms with E-state index in [1.807, 2.05) is 42.5 Å². The van der Waals surface area contributed by atoms with Crippen LogP contribution in [0.15, 0.2) is 48.5 Å². The van der Waals surface area contributed by atoms with E-state index < -0.39 is 0 Å².